The van der Waals surface area contributed by atoms with Gasteiger partial charge < -0.3 is 76.6 Å². The lowest BCUT2D eigenvalue weighted by Gasteiger charge is -2.10. The zero-order valence-corrected chi connectivity index (χ0v) is 36.3. The molecule has 6 rings (SSSR count). The fraction of sp³-hybridized carbons (Fsp3) is 0.375. The second-order valence-corrected chi connectivity index (χ2v) is 14.3. The van der Waals surface area contributed by atoms with Crippen LogP contribution in [-0.2, 0) is 37.9 Å². The Hall–Kier alpha value is -6.22. The predicted octanol–water partition coefficient (Wildman–Crippen LogP) is 5.65. The van der Waals surface area contributed by atoms with Crippen LogP contribution in [0.4, 0.5) is 0 Å². The lowest BCUT2D eigenvalue weighted by Crippen LogP contribution is -2.15. The number of phenols is 4. The summed E-state index contributed by atoms with van der Waals surface area (Å²) in [4.78, 5) is 25.0. The summed E-state index contributed by atoms with van der Waals surface area (Å²) in [7, 11) is 0. The van der Waals surface area contributed by atoms with Gasteiger partial charge in [-0.25, -0.2) is 0 Å². The van der Waals surface area contributed by atoms with Gasteiger partial charge in [0.15, 0.2) is 10.9 Å². The van der Waals surface area contributed by atoms with E-state index in [1.807, 2.05) is 0 Å². The van der Waals surface area contributed by atoms with E-state index in [4.69, 9.17) is 56.2 Å². The third-order valence-electron chi connectivity index (χ3n) is 9.46. The Kier molecular flexibility index (Phi) is 19.9. The van der Waals surface area contributed by atoms with Crippen molar-refractivity contribution in [2.24, 2.45) is 0 Å². The smallest absolute Gasteiger partial charge is 0.197 e. The van der Waals surface area contributed by atoms with E-state index in [9.17, 15) is 30.0 Å². The topological polar surface area (TPSA) is 234 Å². The van der Waals surface area contributed by atoms with E-state index >= 15 is 0 Å². The molecule has 0 spiro atoms. The predicted molar refractivity (Wildman–Crippen MR) is 240 cm³/mol. The Labute approximate surface area is 379 Å². The van der Waals surface area contributed by atoms with Crippen molar-refractivity contribution in [1.82, 2.24) is 0 Å². The molecule has 0 unspecified atom stereocenters. The largest absolute Gasteiger partial charge is 0.508 e. The zero-order chi connectivity index (χ0) is 46.4. The molecule has 0 radical (unpaired) electrons. The Morgan fingerprint density at radius 3 is 0.909 bits per heavy atom. The highest BCUT2D eigenvalue weighted by Gasteiger charge is 2.14. The van der Waals surface area contributed by atoms with Crippen molar-refractivity contribution in [2.45, 2.75) is 0 Å². The van der Waals surface area contributed by atoms with Gasteiger partial charge in [0.05, 0.1) is 106 Å². The molecule has 0 aliphatic heterocycles. The number of benzene rings is 4. The van der Waals surface area contributed by atoms with Crippen LogP contribution in [0.15, 0.2) is 103 Å². The number of fused-ring (bicyclic) bond motifs is 2. The summed E-state index contributed by atoms with van der Waals surface area (Å²) < 4.78 is 67.1. The van der Waals surface area contributed by atoms with Crippen molar-refractivity contribution < 1.29 is 76.6 Å². The van der Waals surface area contributed by atoms with Crippen LogP contribution in [0.5, 0.6) is 34.5 Å². The van der Waals surface area contributed by atoms with Gasteiger partial charge >= 0.3 is 0 Å². The standard InChI is InChI=1S/C48H54O18/c49-35-27-39(51)47-41(53)31-43(65-45(47)29-35)33-1-5-37(6-2-33)63-25-23-61-21-19-59-17-15-57-13-11-55-9-10-56-12-14-58-16-18-60-20-22-62-24-26-64-38-7-3-34(4-8-38)44-32-42(54)48-40(52)28-36(50)30-46(48)66-44/h1-8,27-32,49-52H,9-26H2. The molecule has 0 aliphatic carbocycles. The maximum atomic E-state index is 12.5. The van der Waals surface area contributed by atoms with Crippen molar-refractivity contribution in [3.63, 3.8) is 0 Å². The minimum absolute atomic E-state index is 0.00804. The van der Waals surface area contributed by atoms with E-state index in [-0.39, 0.29) is 44.9 Å². The van der Waals surface area contributed by atoms with Crippen LogP contribution < -0.4 is 20.3 Å². The number of phenolic OH excluding ortho intramolecular Hbond substituents is 4. The third kappa shape index (κ3) is 15.7. The van der Waals surface area contributed by atoms with Crippen molar-refractivity contribution in [2.75, 3.05) is 119 Å². The Bertz CT molecular complexity index is 2330. The van der Waals surface area contributed by atoms with Gasteiger partial charge in [0, 0.05) is 47.5 Å². The molecule has 18 heteroatoms. The SMILES string of the molecule is O=c1cc(-c2ccc(OCCOCCOCCOCCOCCOCCOCCOCCOCCOc3ccc(-c4cc(=O)c5c(O)cc(O)cc5o4)cc3)cc2)oc2cc(O)cc(O)c12. The van der Waals surface area contributed by atoms with Gasteiger partial charge in [-0.2, -0.15) is 0 Å². The number of hydrogen-bond donors (Lipinski definition) is 4. The fourth-order valence-electron chi connectivity index (χ4n) is 6.30. The van der Waals surface area contributed by atoms with Crippen LogP contribution in [0.1, 0.15) is 0 Å². The molecule has 18 nitrogen and oxygen atoms in total. The maximum absolute atomic E-state index is 12.5. The van der Waals surface area contributed by atoms with Crippen molar-refractivity contribution in [3.8, 4) is 57.1 Å². The normalized spacial score (nSPS) is 11.5. The van der Waals surface area contributed by atoms with Gasteiger partial charge in [0.2, 0.25) is 0 Å². The summed E-state index contributed by atoms with van der Waals surface area (Å²) in [5.41, 5.74) is 0.610. The van der Waals surface area contributed by atoms with Crippen LogP contribution in [0.3, 0.4) is 0 Å². The molecule has 2 heterocycles. The molecule has 0 bridgehead atoms. The van der Waals surface area contributed by atoms with E-state index in [2.05, 4.69) is 0 Å². The summed E-state index contributed by atoms with van der Waals surface area (Å²) in [6, 6.07) is 21.3. The van der Waals surface area contributed by atoms with Crippen molar-refractivity contribution >= 4 is 21.9 Å². The number of ether oxygens (including phenoxy) is 10. The van der Waals surface area contributed by atoms with Crippen LogP contribution >= 0.6 is 0 Å². The molecule has 0 saturated heterocycles. The first-order chi connectivity index (χ1) is 32.2. The molecule has 66 heavy (non-hydrogen) atoms. The average molecular weight is 919 g/mol. The van der Waals surface area contributed by atoms with Crippen LogP contribution in [0.25, 0.3) is 44.6 Å². The van der Waals surface area contributed by atoms with Crippen LogP contribution in [0.2, 0.25) is 0 Å². The lowest BCUT2D eigenvalue weighted by atomic mass is 10.1. The van der Waals surface area contributed by atoms with Crippen LogP contribution in [-0.4, -0.2) is 139 Å². The third-order valence-corrected chi connectivity index (χ3v) is 9.46. The Balaban J connectivity index is 0.651. The molecule has 6 aromatic rings. The Morgan fingerprint density at radius 1 is 0.348 bits per heavy atom. The van der Waals surface area contributed by atoms with Gasteiger partial charge in [-0.3, -0.25) is 9.59 Å². The first kappa shape index (κ1) is 49.2. The lowest BCUT2D eigenvalue weighted by molar-refractivity contribution is -0.0241. The molecule has 354 valence electrons. The van der Waals surface area contributed by atoms with Gasteiger partial charge in [-0.1, -0.05) is 0 Å². The summed E-state index contributed by atoms with van der Waals surface area (Å²) in [5.74, 6) is 0.731. The number of aromatic hydroxyl groups is 4. The molecule has 0 amide bonds. The first-order valence-electron chi connectivity index (χ1n) is 21.3. The molecule has 0 saturated carbocycles. The highest BCUT2D eigenvalue weighted by Crippen LogP contribution is 2.32. The quantitative estimate of drug-likeness (QED) is 0.0386. The van der Waals surface area contributed by atoms with E-state index in [1.54, 1.807) is 48.5 Å². The molecule has 0 atom stereocenters. The van der Waals surface area contributed by atoms with Gasteiger partial charge in [-0.05, 0) is 48.5 Å². The van der Waals surface area contributed by atoms with E-state index in [1.165, 1.54) is 24.3 Å². The van der Waals surface area contributed by atoms with E-state index in [0.29, 0.717) is 153 Å². The number of rotatable bonds is 31. The summed E-state index contributed by atoms with van der Waals surface area (Å²) in [5, 5.41) is 39.4. The monoisotopic (exact) mass is 918 g/mol. The second kappa shape index (κ2) is 26.7. The molecular formula is C48H54O18. The van der Waals surface area contributed by atoms with Gasteiger partial charge in [0.25, 0.3) is 0 Å². The molecule has 0 fully saturated rings. The first-order valence-corrected chi connectivity index (χ1v) is 21.3. The minimum atomic E-state index is -0.417. The van der Waals surface area contributed by atoms with Crippen molar-refractivity contribution in [3.05, 3.63) is 105 Å². The Morgan fingerprint density at radius 2 is 0.621 bits per heavy atom. The summed E-state index contributed by atoms with van der Waals surface area (Å²) >= 11 is 0. The van der Waals surface area contributed by atoms with Crippen molar-refractivity contribution in [1.29, 1.82) is 0 Å². The second-order valence-electron chi connectivity index (χ2n) is 14.3. The molecule has 4 aromatic carbocycles. The number of hydrogen-bond acceptors (Lipinski definition) is 18. The van der Waals surface area contributed by atoms with E-state index < -0.39 is 10.9 Å². The molecule has 4 N–H and O–H groups in total. The maximum Gasteiger partial charge on any atom is 0.197 e. The van der Waals surface area contributed by atoms with Crippen LogP contribution in [0, 0.1) is 0 Å². The fourth-order valence-corrected chi connectivity index (χ4v) is 6.30. The minimum Gasteiger partial charge on any atom is -0.508 e. The average Bonchev–Trinajstić information content (AvgIpc) is 3.29. The van der Waals surface area contributed by atoms with Gasteiger partial charge in [0.1, 0.15) is 81.2 Å². The molecule has 0 aliphatic rings. The van der Waals surface area contributed by atoms with E-state index in [0.717, 1.165) is 12.1 Å². The molecule has 2 aromatic heterocycles. The zero-order valence-electron chi connectivity index (χ0n) is 36.3. The van der Waals surface area contributed by atoms with Gasteiger partial charge in [-0.15, -0.1) is 0 Å². The highest BCUT2D eigenvalue weighted by atomic mass is 16.6. The summed E-state index contributed by atoms with van der Waals surface area (Å²) in [6.07, 6.45) is 0. The highest BCUT2D eigenvalue weighted by molar-refractivity contribution is 5.87. The molecular weight excluding hydrogens is 865 g/mol. The summed E-state index contributed by atoms with van der Waals surface area (Å²) in [6.45, 7) is 7.53.